The molecule has 0 aliphatic carbocycles. The Labute approximate surface area is 182 Å². The van der Waals surface area contributed by atoms with E-state index in [0.717, 1.165) is 49.0 Å². The number of pyridine rings is 1. The number of nitrogens with zero attached hydrogens (tertiary/aromatic N) is 3. The van der Waals surface area contributed by atoms with Gasteiger partial charge in [0.2, 0.25) is 6.41 Å². The Balaban J connectivity index is 2.19. The molecule has 176 valence electrons. The van der Waals surface area contributed by atoms with Crippen LogP contribution in [0, 0.1) is 5.82 Å². The van der Waals surface area contributed by atoms with Crippen molar-refractivity contribution in [3.63, 3.8) is 0 Å². The molecule has 2 heterocycles. The van der Waals surface area contributed by atoms with Crippen molar-refractivity contribution >= 4 is 12.2 Å². The van der Waals surface area contributed by atoms with Crippen molar-refractivity contribution in [2.45, 2.75) is 31.8 Å². The Hall–Kier alpha value is -3.64. The standard InChI is InChI=1S/C20H15F7N4O2/c1-18(2,20(25,26)27)33-13-7-11(6-12(21)8-13)15-9-16(29-10-32)30-31(15)14-4-3-5-28-17(14)19(22,23)24/h3-10H,1-2H3,(H,29,30,32). The molecule has 0 aliphatic rings. The number of ether oxygens (including phenoxy) is 1. The highest BCUT2D eigenvalue weighted by Crippen LogP contribution is 2.38. The molecular weight excluding hydrogens is 461 g/mol. The molecule has 3 aromatic rings. The van der Waals surface area contributed by atoms with Crippen molar-refractivity contribution in [2.75, 3.05) is 5.32 Å². The number of aromatic nitrogens is 3. The molecule has 3 rings (SSSR count). The van der Waals surface area contributed by atoms with Crippen molar-refractivity contribution in [1.29, 1.82) is 0 Å². The van der Waals surface area contributed by atoms with Crippen molar-refractivity contribution in [3.05, 3.63) is 54.1 Å². The van der Waals surface area contributed by atoms with Gasteiger partial charge in [-0.25, -0.2) is 14.1 Å². The Kier molecular flexibility index (Phi) is 6.09. The highest BCUT2D eigenvalue weighted by molar-refractivity contribution is 5.74. The van der Waals surface area contributed by atoms with Gasteiger partial charge >= 0.3 is 12.4 Å². The van der Waals surface area contributed by atoms with E-state index < -0.39 is 40.9 Å². The largest absolute Gasteiger partial charge is 0.478 e. The van der Waals surface area contributed by atoms with Crippen LogP contribution in [0.1, 0.15) is 19.5 Å². The van der Waals surface area contributed by atoms with Crippen LogP contribution in [0.25, 0.3) is 16.9 Å². The second-order valence-electron chi connectivity index (χ2n) is 7.24. The molecule has 0 saturated carbocycles. The SMILES string of the molecule is CC(C)(Oc1cc(F)cc(-c2cc(NC=O)nn2-c2cccnc2C(F)(F)F)c1)C(F)(F)F. The van der Waals surface area contributed by atoms with Gasteiger partial charge in [0.05, 0.1) is 11.4 Å². The van der Waals surface area contributed by atoms with Gasteiger partial charge in [0.25, 0.3) is 0 Å². The van der Waals surface area contributed by atoms with Crippen LogP contribution >= 0.6 is 0 Å². The zero-order valence-corrected chi connectivity index (χ0v) is 16.9. The second kappa shape index (κ2) is 8.37. The summed E-state index contributed by atoms with van der Waals surface area (Å²) in [6.45, 7) is 1.47. The van der Waals surface area contributed by atoms with E-state index in [1.54, 1.807) is 0 Å². The van der Waals surface area contributed by atoms with E-state index in [2.05, 4.69) is 15.4 Å². The molecule has 13 heteroatoms. The van der Waals surface area contributed by atoms with E-state index in [0.29, 0.717) is 6.07 Å². The average molecular weight is 476 g/mol. The highest BCUT2D eigenvalue weighted by atomic mass is 19.4. The van der Waals surface area contributed by atoms with Gasteiger partial charge in [-0.05, 0) is 38.1 Å². The fourth-order valence-corrected chi connectivity index (χ4v) is 2.81. The minimum absolute atomic E-state index is 0.161. The Bertz CT molecular complexity index is 1170. The van der Waals surface area contributed by atoms with Gasteiger partial charge < -0.3 is 10.1 Å². The predicted octanol–water partition coefficient (Wildman–Crippen LogP) is 5.38. The third-order valence-corrected chi connectivity index (χ3v) is 4.42. The number of nitrogens with one attached hydrogen (secondary N) is 1. The van der Waals surface area contributed by atoms with E-state index in [9.17, 15) is 35.5 Å². The molecule has 0 aliphatic heterocycles. The number of alkyl halides is 6. The summed E-state index contributed by atoms with van der Waals surface area (Å²) in [5.41, 5.74) is -4.90. The third kappa shape index (κ3) is 5.07. The van der Waals surface area contributed by atoms with Gasteiger partial charge in [-0.3, -0.25) is 4.79 Å². The first-order valence-corrected chi connectivity index (χ1v) is 9.12. The maximum Gasteiger partial charge on any atom is 0.435 e. The predicted molar refractivity (Wildman–Crippen MR) is 102 cm³/mol. The summed E-state index contributed by atoms with van der Waals surface area (Å²) in [7, 11) is 0. The quantitative estimate of drug-likeness (QED) is 0.383. The molecule has 0 spiro atoms. The normalized spacial score (nSPS) is 12.5. The van der Waals surface area contributed by atoms with E-state index >= 15 is 0 Å². The van der Waals surface area contributed by atoms with Gasteiger partial charge in [-0.2, -0.15) is 26.3 Å². The number of hydrogen-bond donors (Lipinski definition) is 1. The molecule has 0 radical (unpaired) electrons. The summed E-state index contributed by atoms with van der Waals surface area (Å²) in [4.78, 5) is 14.1. The Morgan fingerprint density at radius 1 is 1.06 bits per heavy atom. The van der Waals surface area contributed by atoms with E-state index in [1.807, 2.05) is 0 Å². The van der Waals surface area contributed by atoms with Gasteiger partial charge in [0.15, 0.2) is 17.1 Å². The number of anilines is 1. The summed E-state index contributed by atoms with van der Waals surface area (Å²) >= 11 is 0. The second-order valence-corrected chi connectivity index (χ2v) is 7.24. The van der Waals surface area contributed by atoms with Crippen LogP contribution < -0.4 is 10.1 Å². The molecule has 6 nitrogen and oxygen atoms in total. The lowest BCUT2D eigenvalue weighted by atomic mass is 10.1. The summed E-state index contributed by atoms with van der Waals surface area (Å²) in [5, 5.41) is 6.05. The van der Waals surface area contributed by atoms with Crippen molar-refractivity contribution < 1.29 is 40.3 Å². The lowest BCUT2D eigenvalue weighted by Gasteiger charge is -2.29. The molecular formula is C20H15F7N4O2. The summed E-state index contributed by atoms with van der Waals surface area (Å²) in [6.07, 6.45) is -8.55. The molecule has 33 heavy (non-hydrogen) atoms. The van der Waals surface area contributed by atoms with Gasteiger partial charge in [-0.15, -0.1) is 5.10 Å². The smallest absolute Gasteiger partial charge is 0.435 e. The van der Waals surface area contributed by atoms with E-state index in [1.165, 1.54) is 6.07 Å². The zero-order chi connectivity index (χ0) is 24.6. The summed E-state index contributed by atoms with van der Waals surface area (Å²) in [6, 6.07) is 5.95. The molecule has 2 aromatic heterocycles. The molecule has 0 saturated heterocycles. The van der Waals surface area contributed by atoms with Crippen molar-refractivity contribution in [2.24, 2.45) is 0 Å². The van der Waals surface area contributed by atoms with Crippen LogP contribution in [0.5, 0.6) is 5.75 Å². The third-order valence-electron chi connectivity index (χ3n) is 4.42. The molecule has 1 aromatic carbocycles. The molecule has 1 amide bonds. The van der Waals surface area contributed by atoms with Crippen molar-refractivity contribution in [3.8, 4) is 22.7 Å². The first-order valence-electron chi connectivity index (χ1n) is 9.12. The van der Waals surface area contributed by atoms with Crippen LogP contribution in [0.3, 0.4) is 0 Å². The van der Waals surface area contributed by atoms with Crippen LogP contribution in [0.15, 0.2) is 42.6 Å². The number of amides is 1. The molecule has 0 unspecified atom stereocenters. The highest BCUT2D eigenvalue weighted by Gasteiger charge is 2.50. The number of carbonyl (C=O) groups excluding carboxylic acids is 1. The van der Waals surface area contributed by atoms with Gasteiger partial charge in [0.1, 0.15) is 11.6 Å². The van der Waals surface area contributed by atoms with Gasteiger partial charge in [0, 0.05) is 23.9 Å². The summed E-state index contributed by atoms with van der Waals surface area (Å²) < 4.78 is 100.0. The fourth-order valence-electron chi connectivity index (χ4n) is 2.81. The average Bonchev–Trinajstić information content (AvgIpc) is 3.10. The number of rotatable bonds is 6. The molecule has 0 fully saturated rings. The minimum atomic E-state index is -4.88. The van der Waals surface area contributed by atoms with E-state index in [4.69, 9.17) is 4.74 Å². The number of carbonyl (C=O) groups is 1. The van der Waals surface area contributed by atoms with Crippen LogP contribution in [-0.4, -0.2) is 33.0 Å². The monoisotopic (exact) mass is 476 g/mol. The van der Waals surface area contributed by atoms with Crippen LogP contribution in [-0.2, 0) is 11.0 Å². The molecule has 1 N–H and O–H groups in total. The molecule has 0 atom stereocenters. The minimum Gasteiger partial charge on any atom is -0.478 e. The zero-order valence-electron chi connectivity index (χ0n) is 16.9. The number of halogens is 7. The fraction of sp³-hybridized carbons (Fsp3) is 0.250. The van der Waals surface area contributed by atoms with Gasteiger partial charge in [-0.1, -0.05) is 0 Å². The van der Waals surface area contributed by atoms with E-state index in [-0.39, 0.29) is 23.5 Å². The number of benzene rings is 1. The Morgan fingerprint density at radius 2 is 1.76 bits per heavy atom. The first-order chi connectivity index (χ1) is 15.2. The first kappa shape index (κ1) is 24.0. The van der Waals surface area contributed by atoms with Crippen molar-refractivity contribution in [1.82, 2.24) is 14.8 Å². The topological polar surface area (TPSA) is 69.0 Å². The maximum absolute atomic E-state index is 14.3. The lowest BCUT2D eigenvalue weighted by Crippen LogP contribution is -2.44. The van der Waals surface area contributed by atoms with Crippen LogP contribution in [0.2, 0.25) is 0 Å². The molecule has 0 bridgehead atoms. The summed E-state index contributed by atoms with van der Waals surface area (Å²) in [5.74, 6) is -1.73. The van der Waals surface area contributed by atoms with Crippen LogP contribution in [0.4, 0.5) is 36.6 Å². The number of hydrogen-bond acceptors (Lipinski definition) is 4. The Morgan fingerprint density at radius 3 is 2.36 bits per heavy atom. The maximum atomic E-state index is 14.3. The lowest BCUT2D eigenvalue weighted by molar-refractivity contribution is -0.234.